The summed E-state index contributed by atoms with van der Waals surface area (Å²) in [6.07, 6.45) is -1.10. The topological polar surface area (TPSA) is 21.3 Å². The van der Waals surface area contributed by atoms with Crippen LogP contribution in [0.25, 0.3) is 0 Å². The van der Waals surface area contributed by atoms with Crippen molar-refractivity contribution in [1.29, 1.82) is 0 Å². The summed E-state index contributed by atoms with van der Waals surface area (Å²) in [6, 6.07) is -0.0969. The highest BCUT2D eigenvalue weighted by molar-refractivity contribution is 4.69. The Labute approximate surface area is 75.7 Å². The minimum absolute atomic E-state index is 0.0969. The second kappa shape index (κ2) is 5.99. The van der Waals surface area contributed by atoms with E-state index in [-0.39, 0.29) is 6.04 Å². The first-order chi connectivity index (χ1) is 5.95. The predicted octanol–water partition coefficient (Wildman–Crippen LogP) is 2.42. The van der Waals surface area contributed by atoms with Crippen LogP contribution in [0, 0.1) is 0 Å². The molecule has 0 amide bonds. The summed E-state index contributed by atoms with van der Waals surface area (Å²) in [6.45, 7) is 3.99. The fourth-order valence-corrected chi connectivity index (χ4v) is 0.693. The lowest BCUT2D eigenvalue weighted by Gasteiger charge is -2.13. The predicted molar refractivity (Wildman–Crippen MR) is 44.0 cm³/mol. The fourth-order valence-electron chi connectivity index (χ4n) is 0.693. The molecule has 2 nitrogen and oxygen atoms in total. The monoisotopic (exact) mass is 197 g/mol. The van der Waals surface area contributed by atoms with Crippen molar-refractivity contribution < 1.29 is 18.0 Å². The Morgan fingerprint density at radius 3 is 2.62 bits per heavy atom. The van der Waals surface area contributed by atoms with E-state index < -0.39 is 12.8 Å². The Balaban J connectivity index is 3.36. The van der Waals surface area contributed by atoms with Gasteiger partial charge >= 0.3 is 6.18 Å². The number of hydroxylamine groups is 1. The van der Waals surface area contributed by atoms with Crippen LogP contribution in [-0.4, -0.2) is 18.8 Å². The molecule has 0 aliphatic heterocycles. The molecule has 1 unspecified atom stereocenters. The van der Waals surface area contributed by atoms with Gasteiger partial charge in [0.1, 0.15) is 0 Å². The normalized spacial score (nSPS) is 14.2. The number of hydrogen-bond donors (Lipinski definition) is 1. The third-order valence-corrected chi connectivity index (χ3v) is 1.32. The molecule has 0 aromatic heterocycles. The molecule has 0 aromatic carbocycles. The molecule has 13 heavy (non-hydrogen) atoms. The molecule has 0 saturated carbocycles. The third-order valence-electron chi connectivity index (χ3n) is 1.32. The maximum absolute atomic E-state index is 11.6. The van der Waals surface area contributed by atoms with Crippen LogP contribution in [0.1, 0.15) is 19.8 Å². The number of rotatable bonds is 6. The molecule has 0 fully saturated rings. The number of hydrogen-bond acceptors (Lipinski definition) is 2. The van der Waals surface area contributed by atoms with Gasteiger partial charge in [0.15, 0.2) is 6.61 Å². The van der Waals surface area contributed by atoms with Crippen molar-refractivity contribution in [3.8, 4) is 0 Å². The van der Waals surface area contributed by atoms with Crippen LogP contribution < -0.4 is 5.48 Å². The molecule has 0 heterocycles. The molecule has 1 N–H and O–H groups in total. The Kier molecular flexibility index (Phi) is 5.73. The summed E-state index contributed by atoms with van der Waals surface area (Å²) in [4.78, 5) is 4.25. The molecule has 78 valence electrons. The summed E-state index contributed by atoms with van der Waals surface area (Å²) in [7, 11) is 0. The van der Waals surface area contributed by atoms with Gasteiger partial charge in [-0.3, -0.25) is 4.84 Å². The lowest BCUT2D eigenvalue weighted by Crippen LogP contribution is -2.31. The van der Waals surface area contributed by atoms with Crippen molar-refractivity contribution in [3.63, 3.8) is 0 Å². The molecule has 0 radical (unpaired) electrons. The maximum Gasteiger partial charge on any atom is 0.413 e. The first-order valence-corrected chi connectivity index (χ1v) is 4.00. The zero-order valence-corrected chi connectivity index (χ0v) is 7.53. The van der Waals surface area contributed by atoms with Gasteiger partial charge in [-0.15, -0.1) is 6.58 Å². The van der Waals surface area contributed by atoms with Gasteiger partial charge in [-0.1, -0.05) is 6.08 Å². The summed E-state index contributed by atoms with van der Waals surface area (Å²) >= 11 is 0. The first-order valence-electron chi connectivity index (χ1n) is 4.00. The Morgan fingerprint density at radius 2 is 2.15 bits per heavy atom. The largest absolute Gasteiger partial charge is 0.413 e. The van der Waals surface area contributed by atoms with Crippen LogP contribution >= 0.6 is 0 Å². The molecular formula is C8H14F3NO. The summed E-state index contributed by atoms with van der Waals surface area (Å²) in [5.74, 6) is 0. The second-order valence-electron chi connectivity index (χ2n) is 2.79. The maximum atomic E-state index is 11.6. The van der Waals surface area contributed by atoms with E-state index in [9.17, 15) is 13.2 Å². The second-order valence-corrected chi connectivity index (χ2v) is 2.79. The standard InChI is InChI=1S/C8H14F3NO/c1-3-4-5-7(2)12-13-6-8(9,10)11/h3,7,12H,1,4-6H2,2H3. The van der Waals surface area contributed by atoms with Crippen LogP contribution in [0.4, 0.5) is 13.2 Å². The lowest BCUT2D eigenvalue weighted by atomic mass is 10.2. The molecule has 0 aliphatic carbocycles. The molecular weight excluding hydrogens is 183 g/mol. The van der Waals surface area contributed by atoms with E-state index in [1.54, 1.807) is 13.0 Å². The van der Waals surface area contributed by atoms with Crippen molar-refractivity contribution in [2.75, 3.05) is 6.61 Å². The SMILES string of the molecule is C=CCCC(C)NOCC(F)(F)F. The van der Waals surface area contributed by atoms with Crippen molar-refractivity contribution in [2.45, 2.75) is 32.0 Å². The first kappa shape index (κ1) is 12.4. The highest BCUT2D eigenvalue weighted by Crippen LogP contribution is 2.13. The zero-order chi connectivity index (χ0) is 10.3. The average molecular weight is 197 g/mol. The van der Waals surface area contributed by atoms with E-state index >= 15 is 0 Å². The lowest BCUT2D eigenvalue weighted by molar-refractivity contribution is -0.192. The molecule has 0 rings (SSSR count). The van der Waals surface area contributed by atoms with Gasteiger partial charge in [-0.2, -0.15) is 18.7 Å². The molecule has 0 saturated heterocycles. The van der Waals surface area contributed by atoms with Crippen LogP contribution in [0.5, 0.6) is 0 Å². The van der Waals surface area contributed by atoms with Gasteiger partial charge in [-0.25, -0.2) is 0 Å². The fraction of sp³-hybridized carbons (Fsp3) is 0.750. The third kappa shape index (κ3) is 9.36. The molecule has 5 heteroatoms. The van der Waals surface area contributed by atoms with Gasteiger partial charge in [0.2, 0.25) is 0 Å². The highest BCUT2D eigenvalue weighted by atomic mass is 19.4. The quantitative estimate of drug-likeness (QED) is 0.521. The smallest absolute Gasteiger partial charge is 0.292 e. The Bertz CT molecular complexity index is 147. The van der Waals surface area contributed by atoms with Gasteiger partial charge < -0.3 is 0 Å². The summed E-state index contributed by atoms with van der Waals surface area (Å²) in [5.41, 5.74) is 2.31. The van der Waals surface area contributed by atoms with Crippen LogP contribution in [0.15, 0.2) is 12.7 Å². The minimum Gasteiger partial charge on any atom is -0.292 e. The van der Waals surface area contributed by atoms with Gasteiger partial charge in [0.05, 0.1) is 0 Å². The van der Waals surface area contributed by atoms with E-state index in [0.29, 0.717) is 6.42 Å². The number of allylic oxidation sites excluding steroid dienone is 1. The summed E-state index contributed by atoms with van der Waals surface area (Å²) in [5, 5.41) is 0. The van der Waals surface area contributed by atoms with Crippen molar-refractivity contribution in [3.05, 3.63) is 12.7 Å². The number of nitrogens with one attached hydrogen (secondary N) is 1. The number of alkyl halides is 3. The molecule has 0 aliphatic rings. The molecule has 0 spiro atoms. The van der Waals surface area contributed by atoms with Gasteiger partial charge in [-0.05, 0) is 19.8 Å². The Hall–Kier alpha value is -0.550. The summed E-state index contributed by atoms with van der Waals surface area (Å²) < 4.78 is 34.7. The van der Waals surface area contributed by atoms with E-state index in [0.717, 1.165) is 6.42 Å². The van der Waals surface area contributed by atoms with Crippen LogP contribution in [-0.2, 0) is 4.84 Å². The molecule has 0 aromatic rings. The zero-order valence-electron chi connectivity index (χ0n) is 7.53. The number of halogens is 3. The minimum atomic E-state index is -4.27. The van der Waals surface area contributed by atoms with Crippen molar-refractivity contribution in [1.82, 2.24) is 5.48 Å². The van der Waals surface area contributed by atoms with Crippen molar-refractivity contribution >= 4 is 0 Å². The molecule has 0 bridgehead atoms. The Morgan fingerprint density at radius 1 is 1.54 bits per heavy atom. The molecule has 1 atom stereocenters. The van der Waals surface area contributed by atoms with E-state index in [2.05, 4.69) is 16.9 Å². The van der Waals surface area contributed by atoms with Crippen molar-refractivity contribution in [2.24, 2.45) is 0 Å². The van der Waals surface area contributed by atoms with Gasteiger partial charge in [0, 0.05) is 6.04 Å². The highest BCUT2D eigenvalue weighted by Gasteiger charge is 2.27. The van der Waals surface area contributed by atoms with E-state index in [1.807, 2.05) is 0 Å². The van der Waals surface area contributed by atoms with Gasteiger partial charge in [0.25, 0.3) is 0 Å². The van der Waals surface area contributed by atoms with Crippen LogP contribution in [0.3, 0.4) is 0 Å². The average Bonchev–Trinajstić information content (AvgIpc) is 1.98. The van der Waals surface area contributed by atoms with E-state index in [4.69, 9.17) is 0 Å². The van der Waals surface area contributed by atoms with E-state index in [1.165, 1.54) is 0 Å². The van der Waals surface area contributed by atoms with Crippen LogP contribution in [0.2, 0.25) is 0 Å².